The Morgan fingerprint density at radius 1 is 1.08 bits per heavy atom. The van der Waals surface area contributed by atoms with Crippen LogP contribution in [0.4, 0.5) is 11.4 Å². The van der Waals surface area contributed by atoms with E-state index in [4.69, 9.17) is 11.6 Å². The first-order valence-electron chi connectivity index (χ1n) is 7.28. The van der Waals surface area contributed by atoms with E-state index in [0.29, 0.717) is 27.5 Å². The van der Waals surface area contributed by atoms with Crippen molar-refractivity contribution < 1.29 is 13.2 Å². The van der Waals surface area contributed by atoms with Gasteiger partial charge in [-0.15, -0.1) is 0 Å². The summed E-state index contributed by atoms with van der Waals surface area (Å²) in [5.41, 5.74) is 2.80. The van der Waals surface area contributed by atoms with E-state index in [9.17, 15) is 13.2 Å². The van der Waals surface area contributed by atoms with Crippen LogP contribution in [0.5, 0.6) is 0 Å². The average molecular weight is 367 g/mol. The quantitative estimate of drug-likeness (QED) is 0.857. The van der Waals surface area contributed by atoms with Crippen molar-refractivity contribution in [3.8, 4) is 0 Å². The molecule has 0 aliphatic carbocycles. The van der Waals surface area contributed by atoms with Crippen molar-refractivity contribution in [2.75, 3.05) is 10.0 Å². The van der Waals surface area contributed by atoms with Crippen LogP contribution in [0.15, 0.2) is 35.2 Å². The lowest BCUT2D eigenvalue weighted by Gasteiger charge is -2.18. The zero-order chi connectivity index (χ0) is 18.1. The minimum atomic E-state index is -3.83. The molecule has 24 heavy (non-hydrogen) atoms. The van der Waals surface area contributed by atoms with E-state index >= 15 is 0 Å². The van der Waals surface area contributed by atoms with Crippen molar-refractivity contribution in [2.24, 2.45) is 0 Å². The summed E-state index contributed by atoms with van der Waals surface area (Å²) in [7, 11) is -3.83. The largest absolute Gasteiger partial charge is 0.326 e. The molecule has 0 spiro atoms. The van der Waals surface area contributed by atoms with Crippen molar-refractivity contribution in [3.05, 3.63) is 52.0 Å². The fourth-order valence-corrected chi connectivity index (χ4v) is 4.43. The second kappa shape index (κ2) is 6.83. The van der Waals surface area contributed by atoms with Crippen molar-refractivity contribution in [1.82, 2.24) is 0 Å². The van der Waals surface area contributed by atoms with Gasteiger partial charge in [0, 0.05) is 17.6 Å². The summed E-state index contributed by atoms with van der Waals surface area (Å²) in [6, 6.07) is 8.23. The molecule has 0 saturated heterocycles. The Morgan fingerprint density at radius 3 is 2.33 bits per heavy atom. The molecular formula is C17H19ClN2O3S. The summed E-state index contributed by atoms with van der Waals surface area (Å²) in [6.45, 7) is 6.62. The third-order valence-corrected chi connectivity index (χ3v) is 5.45. The maximum absolute atomic E-state index is 12.8. The molecular weight excluding hydrogens is 348 g/mol. The Labute approximate surface area is 147 Å². The number of benzene rings is 2. The van der Waals surface area contributed by atoms with E-state index in [0.717, 1.165) is 5.56 Å². The summed E-state index contributed by atoms with van der Waals surface area (Å²) < 4.78 is 28.2. The summed E-state index contributed by atoms with van der Waals surface area (Å²) >= 11 is 5.90. The van der Waals surface area contributed by atoms with E-state index in [-0.39, 0.29) is 10.8 Å². The molecule has 0 saturated carbocycles. The standard InChI is InChI=1S/C17H19ClN2O3S/c1-10-8-11(2)17(12(3)16(10)19-13(4)21)24(22,23)20-15-7-5-6-14(18)9-15/h5-9,20H,1-4H3,(H,19,21). The van der Waals surface area contributed by atoms with Crippen molar-refractivity contribution in [1.29, 1.82) is 0 Å². The van der Waals surface area contributed by atoms with Crippen LogP contribution in [0.2, 0.25) is 5.02 Å². The number of amides is 1. The number of nitrogens with one attached hydrogen (secondary N) is 2. The number of anilines is 2. The maximum atomic E-state index is 12.8. The molecule has 0 unspecified atom stereocenters. The van der Waals surface area contributed by atoms with E-state index in [1.807, 2.05) is 6.92 Å². The fourth-order valence-electron chi connectivity index (χ4n) is 2.71. The summed E-state index contributed by atoms with van der Waals surface area (Å²) in [4.78, 5) is 11.6. The number of rotatable bonds is 4. The van der Waals surface area contributed by atoms with Gasteiger partial charge in [-0.3, -0.25) is 9.52 Å². The van der Waals surface area contributed by atoms with Gasteiger partial charge in [0.15, 0.2) is 0 Å². The normalized spacial score (nSPS) is 11.2. The van der Waals surface area contributed by atoms with Crippen LogP contribution in [0.3, 0.4) is 0 Å². The van der Waals surface area contributed by atoms with Crippen molar-refractivity contribution in [3.63, 3.8) is 0 Å². The highest BCUT2D eigenvalue weighted by molar-refractivity contribution is 7.92. The zero-order valence-corrected chi connectivity index (χ0v) is 15.5. The second-order valence-corrected chi connectivity index (χ2v) is 7.69. The van der Waals surface area contributed by atoms with Crippen LogP contribution in [0, 0.1) is 20.8 Å². The first-order valence-corrected chi connectivity index (χ1v) is 9.14. The third-order valence-electron chi connectivity index (χ3n) is 3.55. The molecule has 0 radical (unpaired) electrons. The highest BCUT2D eigenvalue weighted by atomic mass is 35.5. The number of carbonyl (C=O) groups is 1. The molecule has 128 valence electrons. The van der Waals surface area contributed by atoms with Gasteiger partial charge >= 0.3 is 0 Å². The lowest BCUT2D eigenvalue weighted by molar-refractivity contribution is -0.114. The molecule has 0 atom stereocenters. The van der Waals surface area contributed by atoms with Crippen LogP contribution < -0.4 is 10.0 Å². The number of aryl methyl sites for hydroxylation is 2. The second-order valence-electron chi connectivity index (χ2n) is 5.64. The molecule has 2 N–H and O–H groups in total. The lowest BCUT2D eigenvalue weighted by Crippen LogP contribution is -2.18. The molecule has 1 amide bonds. The minimum absolute atomic E-state index is 0.150. The minimum Gasteiger partial charge on any atom is -0.326 e. The topological polar surface area (TPSA) is 75.3 Å². The molecule has 0 bridgehead atoms. The van der Waals surface area contributed by atoms with Gasteiger partial charge in [-0.2, -0.15) is 0 Å². The number of carbonyl (C=O) groups excluding carboxylic acids is 1. The highest BCUT2D eigenvalue weighted by Gasteiger charge is 2.23. The van der Waals surface area contributed by atoms with E-state index in [1.54, 1.807) is 38.1 Å². The average Bonchev–Trinajstić information content (AvgIpc) is 2.42. The third kappa shape index (κ3) is 3.88. The van der Waals surface area contributed by atoms with Crippen LogP contribution in [0.1, 0.15) is 23.6 Å². The molecule has 0 heterocycles. The summed E-state index contributed by atoms with van der Waals surface area (Å²) in [5, 5.41) is 3.14. The van der Waals surface area contributed by atoms with Crippen LogP contribution >= 0.6 is 11.6 Å². The molecule has 0 aliphatic heterocycles. The van der Waals surface area contributed by atoms with Crippen molar-refractivity contribution >= 4 is 38.9 Å². The van der Waals surface area contributed by atoms with Crippen LogP contribution in [-0.2, 0) is 14.8 Å². The maximum Gasteiger partial charge on any atom is 0.262 e. The van der Waals surface area contributed by atoms with Gasteiger partial charge < -0.3 is 5.32 Å². The van der Waals surface area contributed by atoms with Gasteiger partial charge in [0.25, 0.3) is 10.0 Å². The van der Waals surface area contributed by atoms with Gasteiger partial charge in [-0.25, -0.2) is 8.42 Å². The Morgan fingerprint density at radius 2 is 1.75 bits per heavy atom. The summed E-state index contributed by atoms with van der Waals surface area (Å²) in [6.07, 6.45) is 0. The predicted octanol–water partition coefficient (Wildman–Crippen LogP) is 4.02. The molecule has 5 nitrogen and oxygen atoms in total. The monoisotopic (exact) mass is 366 g/mol. The highest BCUT2D eigenvalue weighted by Crippen LogP contribution is 2.31. The Bertz CT molecular complexity index is 908. The Kier molecular flexibility index (Phi) is 5.20. The molecule has 2 aromatic carbocycles. The smallest absolute Gasteiger partial charge is 0.262 e. The fraction of sp³-hybridized carbons (Fsp3) is 0.235. The van der Waals surface area contributed by atoms with Gasteiger partial charge in [-0.1, -0.05) is 23.7 Å². The molecule has 0 aliphatic rings. The van der Waals surface area contributed by atoms with Gasteiger partial charge in [0.2, 0.25) is 5.91 Å². The van der Waals surface area contributed by atoms with Crippen molar-refractivity contribution in [2.45, 2.75) is 32.6 Å². The molecule has 0 fully saturated rings. The van der Waals surface area contributed by atoms with E-state index in [2.05, 4.69) is 10.0 Å². The van der Waals surface area contributed by atoms with E-state index < -0.39 is 10.0 Å². The number of sulfonamides is 1. The zero-order valence-electron chi connectivity index (χ0n) is 13.9. The lowest BCUT2D eigenvalue weighted by atomic mass is 10.0. The van der Waals surface area contributed by atoms with Gasteiger partial charge in [0.1, 0.15) is 0 Å². The predicted molar refractivity (Wildman–Crippen MR) is 97.2 cm³/mol. The van der Waals surface area contributed by atoms with E-state index in [1.165, 1.54) is 13.0 Å². The molecule has 2 rings (SSSR count). The summed E-state index contributed by atoms with van der Waals surface area (Å²) in [5.74, 6) is -0.254. The Hall–Kier alpha value is -2.05. The number of hydrogen-bond acceptors (Lipinski definition) is 3. The van der Waals surface area contributed by atoms with Gasteiger partial charge in [0.05, 0.1) is 10.6 Å². The number of hydrogen-bond donors (Lipinski definition) is 2. The number of halogens is 1. The molecule has 7 heteroatoms. The van der Waals surface area contributed by atoms with Crippen LogP contribution in [0.25, 0.3) is 0 Å². The Balaban J connectivity index is 2.55. The van der Waals surface area contributed by atoms with Crippen LogP contribution in [-0.4, -0.2) is 14.3 Å². The molecule has 0 aromatic heterocycles. The SMILES string of the molecule is CC(=O)Nc1c(C)cc(C)c(S(=O)(=O)Nc2cccc(Cl)c2)c1C. The first-order chi connectivity index (χ1) is 11.1. The molecule has 2 aromatic rings. The van der Waals surface area contributed by atoms with Gasteiger partial charge in [-0.05, 0) is 55.7 Å². The first kappa shape index (κ1) is 18.3.